The Balaban J connectivity index is 1.76. The van der Waals surface area contributed by atoms with Crippen LogP contribution in [-0.2, 0) is 11.2 Å². The van der Waals surface area contributed by atoms with Crippen molar-refractivity contribution in [2.45, 2.75) is 12.1 Å². The number of aromatic nitrogens is 5. The van der Waals surface area contributed by atoms with Gasteiger partial charge in [0.05, 0.1) is 31.3 Å². The second-order valence-corrected chi connectivity index (χ2v) is 6.17. The fourth-order valence-electron chi connectivity index (χ4n) is 2.28. The number of alkyl halides is 1. The molecule has 8 heteroatoms. The second-order valence-electron chi connectivity index (χ2n) is 5.09. The molecule has 0 radical (unpaired) electrons. The summed E-state index contributed by atoms with van der Waals surface area (Å²) in [6, 6.07) is 0. The first kappa shape index (κ1) is 12.7. The first-order chi connectivity index (χ1) is 10.2. The molecule has 0 aliphatic carbocycles. The standard InChI is InChI=1S/C13H12FN5OS/c14-13(6-20-7-13)1-10-11(8-2-15-16-3-8)19-12(21-10)9-4-17-18-5-9/h2-5H,1,6-7H2,(H,15,16)(H,17,18). The van der Waals surface area contributed by atoms with E-state index in [0.717, 1.165) is 26.7 Å². The molecule has 2 N–H and O–H groups in total. The summed E-state index contributed by atoms with van der Waals surface area (Å²) in [6.07, 6.45) is 7.25. The fourth-order valence-corrected chi connectivity index (χ4v) is 3.47. The molecule has 3 aromatic heterocycles. The number of aromatic amines is 2. The molecule has 0 spiro atoms. The first-order valence-electron chi connectivity index (χ1n) is 6.48. The summed E-state index contributed by atoms with van der Waals surface area (Å²) in [5.74, 6) is 0. The lowest BCUT2D eigenvalue weighted by atomic mass is 9.97. The Hall–Kier alpha value is -2.06. The zero-order valence-electron chi connectivity index (χ0n) is 11.0. The number of halogens is 1. The Morgan fingerprint density at radius 3 is 2.48 bits per heavy atom. The van der Waals surface area contributed by atoms with Crippen molar-refractivity contribution < 1.29 is 9.13 Å². The van der Waals surface area contributed by atoms with E-state index in [2.05, 4.69) is 25.4 Å². The van der Waals surface area contributed by atoms with Crippen molar-refractivity contribution in [1.29, 1.82) is 0 Å². The minimum absolute atomic E-state index is 0.150. The lowest BCUT2D eigenvalue weighted by Gasteiger charge is -2.33. The third-order valence-electron chi connectivity index (χ3n) is 3.41. The number of nitrogens with one attached hydrogen (secondary N) is 2. The van der Waals surface area contributed by atoms with Gasteiger partial charge < -0.3 is 4.74 Å². The highest BCUT2D eigenvalue weighted by molar-refractivity contribution is 7.15. The van der Waals surface area contributed by atoms with E-state index in [9.17, 15) is 4.39 Å². The number of H-pyrrole nitrogens is 2. The van der Waals surface area contributed by atoms with Gasteiger partial charge in [0.15, 0.2) is 5.67 Å². The highest BCUT2D eigenvalue weighted by Gasteiger charge is 2.40. The summed E-state index contributed by atoms with van der Waals surface area (Å²) >= 11 is 1.48. The van der Waals surface area contributed by atoms with Crippen LogP contribution in [0.3, 0.4) is 0 Å². The smallest absolute Gasteiger partial charge is 0.162 e. The Kier molecular flexibility index (Phi) is 2.86. The molecule has 6 nitrogen and oxygen atoms in total. The molecular formula is C13H12FN5OS. The number of rotatable bonds is 4. The van der Waals surface area contributed by atoms with Gasteiger partial charge in [0, 0.05) is 34.8 Å². The van der Waals surface area contributed by atoms with Crippen LogP contribution in [0.5, 0.6) is 0 Å². The van der Waals surface area contributed by atoms with Gasteiger partial charge >= 0.3 is 0 Å². The van der Waals surface area contributed by atoms with E-state index < -0.39 is 5.67 Å². The predicted molar refractivity (Wildman–Crippen MR) is 75.6 cm³/mol. The molecule has 4 rings (SSSR count). The van der Waals surface area contributed by atoms with Gasteiger partial charge in [-0.15, -0.1) is 11.3 Å². The average Bonchev–Trinajstić information content (AvgIpc) is 3.17. The zero-order chi connectivity index (χ0) is 14.3. The largest absolute Gasteiger partial charge is 0.375 e. The highest BCUT2D eigenvalue weighted by Crippen LogP contribution is 2.37. The van der Waals surface area contributed by atoms with Crippen LogP contribution >= 0.6 is 11.3 Å². The summed E-state index contributed by atoms with van der Waals surface area (Å²) in [5, 5.41) is 14.2. The van der Waals surface area contributed by atoms with Crippen molar-refractivity contribution in [1.82, 2.24) is 25.4 Å². The predicted octanol–water partition coefficient (Wildman–Crippen LogP) is 2.20. The third-order valence-corrected chi connectivity index (χ3v) is 4.52. The molecule has 0 aromatic carbocycles. The summed E-state index contributed by atoms with van der Waals surface area (Å²) in [6.45, 7) is 0.299. The molecule has 1 saturated heterocycles. The van der Waals surface area contributed by atoms with Gasteiger partial charge in [0.2, 0.25) is 0 Å². The van der Waals surface area contributed by atoms with Gasteiger partial charge in [-0.1, -0.05) is 0 Å². The number of hydrogen-bond acceptors (Lipinski definition) is 5. The average molecular weight is 305 g/mol. The SMILES string of the molecule is FC1(Cc2sc(-c3cn[nH]c3)nc2-c2cn[nH]c2)COC1. The minimum Gasteiger partial charge on any atom is -0.375 e. The molecule has 4 heterocycles. The molecule has 3 aromatic rings. The van der Waals surface area contributed by atoms with E-state index in [0.29, 0.717) is 6.42 Å². The van der Waals surface area contributed by atoms with Crippen LogP contribution in [-0.4, -0.2) is 44.3 Å². The maximum atomic E-state index is 14.4. The van der Waals surface area contributed by atoms with Crippen LogP contribution in [0.4, 0.5) is 4.39 Å². The number of hydrogen-bond donors (Lipinski definition) is 2. The maximum absolute atomic E-state index is 14.4. The quantitative estimate of drug-likeness (QED) is 0.774. The molecule has 0 atom stereocenters. The summed E-state index contributed by atoms with van der Waals surface area (Å²) in [7, 11) is 0. The topological polar surface area (TPSA) is 79.5 Å². The van der Waals surface area contributed by atoms with E-state index in [4.69, 9.17) is 4.74 Å². The van der Waals surface area contributed by atoms with Crippen LogP contribution in [0.1, 0.15) is 4.88 Å². The minimum atomic E-state index is -1.28. The lowest BCUT2D eigenvalue weighted by Crippen LogP contribution is -2.47. The second kappa shape index (κ2) is 4.74. The van der Waals surface area contributed by atoms with Crippen molar-refractivity contribution in [3.05, 3.63) is 29.7 Å². The number of ether oxygens (including phenoxy) is 1. The van der Waals surface area contributed by atoms with E-state index in [1.165, 1.54) is 11.3 Å². The van der Waals surface area contributed by atoms with E-state index in [-0.39, 0.29) is 13.2 Å². The Bertz CT molecular complexity index is 733. The normalized spacial score (nSPS) is 16.8. The highest BCUT2D eigenvalue weighted by atomic mass is 32.1. The van der Waals surface area contributed by atoms with Crippen molar-refractivity contribution in [3.8, 4) is 21.8 Å². The molecular weight excluding hydrogens is 293 g/mol. The van der Waals surface area contributed by atoms with Crippen LogP contribution in [0, 0.1) is 0 Å². The fraction of sp³-hybridized carbons (Fsp3) is 0.308. The van der Waals surface area contributed by atoms with Gasteiger partial charge in [0.25, 0.3) is 0 Å². The molecule has 108 valence electrons. The first-order valence-corrected chi connectivity index (χ1v) is 7.30. The van der Waals surface area contributed by atoms with E-state index in [1.807, 2.05) is 0 Å². The maximum Gasteiger partial charge on any atom is 0.162 e. The monoisotopic (exact) mass is 305 g/mol. The molecule has 0 amide bonds. The summed E-state index contributed by atoms with van der Waals surface area (Å²) in [5.41, 5.74) is 1.25. The van der Waals surface area contributed by atoms with E-state index in [1.54, 1.807) is 24.8 Å². The van der Waals surface area contributed by atoms with Crippen molar-refractivity contribution in [3.63, 3.8) is 0 Å². The summed E-state index contributed by atoms with van der Waals surface area (Å²) < 4.78 is 19.4. The third kappa shape index (κ3) is 2.26. The van der Waals surface area contributed by atoms with Crippen molar-refractivity contribution >= 4 is 11.3 Å². The van der Waals surface area contributed by atoms with Crippen LogP contribution in [0.15, 0.2) is 24.8 Å². The van der Waals surface area contributed by atoms with Crippen molar-refractivity contribution in [2.24, 2.45) is 0 Å². The molecule has 21 heavy (non-hydrogen) atoms. The Labute approximate surface area is 123 Å². The van der Waals surface area contributed by atoms with Crippen LogP contribution in [0.25, 0.3) is 21.8 Å². The van der Waals surface area contributed by atoms with Gasteiger partial charge in [-0.2, -0.15) is 10.2 Å². The van der Waals surface area contributed by atoms with E-state index >= 15 is 0 Å². The molecule has 1 aliphatic heterocycles. The zero-order valence-corrected chi connectivity index (χ0v) is 11.8. The lowest BCUT2D eigenvalue weighted by molar-refractivity contribution is -0.128. The molecule has 0 saturated carbocycles. The van der Waals surface area contributed by atoms with Crippen molar-refractivity contribution in [2.75, 3.05) is 13.2 Å². The molecule has 0 bridgehead atoms. The molecule has 1 fully saturated rings. The Morgan fingerprint density at radius 2 is 1.90 bits per heavy atom. The molecule has 0 unspecified atom stereocenters. The molecule has 1 aliphatic rings. The van der Waals surface area contributed by atoms with Gasteiger partial charge in [-0.05, 0) is 0 Å². The number of nitrogens with zero attached hydrogens (tertiary/aromatic N) is 3. The van der Waals surface area contributed by atoms with Crippen LogP contribution < -0.4 is 0 Å². The van der Waals surface area contributed by atoms with Crippen LogP contribution in [0.2, 0.25) is 0 Å². The Morgan fingerprint density at radius 1 is 1.19 bits per heavy atom. The number of thiazole rings is 1. The van der Waals surface area contributed by atoms with Gasteiger partial charge in [0.1, 0.15) is 5.01 Å². The van der Waals surface area contributed by atoms with Gasteiger partial charge in [-0.3, -0.25) is 10.2 Å². The van der Waals surface area contributed by atoms with Gasteiger partial charge in [-0.25, -0.2) is 9.37 Å². The summed E-state index contributed by atoms with van der Waals surface area (Å²) in [4.78, 5) is 5.53.